The van der Waals surface area contributed by atoms with E-state index in [-0.39, 0.29) is 12.2 Å². The largest absolute Gasteiger partial charge is 0.481 e. The van der Waals surface area contributed by atoms with Crippen LogP contribution in [0.2, 0.25) is 0 Å². The van der Waals surface area contributed by atoms with Crippen molar-refractivity contribution < 1.29 is 9.15 Å². The maximum Gasteiger partial charge on any atom is 0.344 e. The molecule has 3 rings (SSSR count). The van der Waals surface area contributed by atoms with Gasteiger partial charge in [0, 0.05) is 5.39 Å². The van der Waals surface area contributed by atoms with Gasteiger partial charge >= 0.3 is 5.63 Å². The van der Waals surface area contributed by atoms with Crippen LogP contribution in [0.4, 0.5) is 0 Å². The minimum Gasteiger partial charge on any atom is -0.481 e. The van der Waals surface area contributed by atoms with E-state index in [1.165, 1.54) is 0 Å². The van der Waals surface area contributed by atoms with Crippen molar-refractivity contribution in [1.29, 1.82) is 0 Å². The van der Waals surface area contributed by atoms with Gasteiger partial charge in [0.1, 0.15) is 17.9 Å². The molecule has 0 fully saturated rings. The second kappa shape index (κ2) is 5.79. The van der Waals surface area contributed by atoms with Gasteiger partial charge in [-0.3, -0.25) is 0 Å². The highest BCUT2D eigenvalue weighted by molar-refractivity contribution is 5.87. The molecule has 0 saturated carbocycles. The highest BCUT2D eigenvalue weighted by atomic mass is 16.5. The molecule has 0 aliphatic rings. The highest BCUT2D eigenvalue weighted by Crippen LogP contribution is 2.29. The normalized spacial score (nSPS) is 10.4. The maximum atomic E-state index is 12.3. The fourth-order valence-electron chi connectivity index (χ4n) is 2.48. The van der Waals surface area contributed by atoms with Gasteiger partial charge in [0.05, 0.1) is 5.56 Å². The molecular weight excluding hydrogens is 276 g/mol. The number of hydrogen-bond donors (Lipinski definition) is 0. The molecule has 0 unspecified atom stereocenters. The topological polar surface area (TPSA) is 39.4 Å². The Labute approximate surface area is 128 Å². The van der Waals surface area contributed by atoms with E-state index in [1.54, 1.807) is 12.1 Å². The molecule has 0 amide bonds. The fourth-order valence-corrected chi connectivity index (χ4v) is 2.48. The summed E-state index contributed by atoms with van der Waals surface area (Å²) in [5.41, 5.74) is 2.47. The minimum absolute atomic E-state index is 0.201. The lowest BCUT2D eigenvalue weighted by Crippen LogP contribution is -2.06. The van der Waals surface area contributed by atoms with Gasteiger partial charge in [-0.2, -0.15) is 0 Å². The average molecular weight is 290 g/mol. The first-order valence-electron chi connectivity index (χ1n) is 6.90. The molecule has 0 aliphatic heterocycles. The molecule has 3 aromatic rings. The van der Waals surface area contributed by atoms with E-state index in [0.29, 0.717) is 16.9 Å². The Kier molecular flexibility index (Phi) is 3.67. The van der Waals surface area contributed by atoms with E-state index in [4.69, 9.17) is 15.6 Å². The second-order valence-electron chi connectivity index (χ2n) is 4.91. The Morgan fingerprint density at radius 3 is 2.68 bits per heavy atom. The Morgan fingerprint density at radius 1 is 1.18 bits per heavy atom. The van der Waals surface area contributed by atoms with Gasteiger partial charge in [0.2, 0.25) is 0 Å². The number of aryl methyl sites for hydroxylation is 1. The Hall–Kier alpha value is -2.99. The predicted molar refractivity (Wildman–Crippen MR) is 87.0 cm³/mol. The number of ether oxygens (including phenoxy) is 1. The van der Waals surface area contributed by atoms with Crippen molar-refractivity contribution in [3.63, 3.8) is 0 Å². The number of rotatable bonds is 3. The third-order valence-electron chi connectivity index (χ3n) is 3.52. The summed E-state index contributed by atoms with van der Waals surface area (Å²) >= 11 is 0. The van der Waals surface area contributed by atoms with Crippen molar-refractivity contribution in [2.24, 2.45) is 0 Å². The summed E-state index contributed by atoms with van der Waals surface area (Å²) in [6, 6.07) is 14.8. The number of benzene rings is 2. The van der Waals surface area contributed by atoms with E-state index < -0.39 is 0 Å². The third-order valence-corrected chi connectivity index (χ3v) is 3.52. The summed E-state index contributed by atoms with van der Waals surface area (Å²) in [4.78, 5) is 12.3. The van der Waals surface area contributed by atoms with Gasteiger partial charge in [0.25, 0.3) is 0 Å². The van der Waals surface area contributed by atoms with Crippen LogP contribution in [0.25, 0.3) is 22.1 Å². The third kappa shape index (κ3) is 2.47. The molecule has 1 aromatic heterocycles. The maximum absolute atomic E-state index is 12.3. The van der Waals surface area contributed by atoms with Crippen LogP contribution in [-0.2, 0) is 0 Å². The van der Waals surface area contributed by atoms with Gasteiger partial charge in [-0.1, -0.05) is 36.3 Å². The van der Waals surface area contributed by atoms with Crippen molar-refractivity contribution in [1.82, 2.24) is 0 Å². The fraction of sp³-hybridized carbons (Fsp3) is 0.105. The molecule has 0 spiro atoms. The molecule has 3 heteroatoms. The van der Waals surface area contributed by atoms with Crippen molar-refractivity contribution >= 4 is 11.0 Å². The zero-order valence-corrected chi connectivity index (χ0v) is 12.1. The van der Waals surface area contributed by atoms with Crippen LogP contribution in [0.1, 0.15) is 5.56 Å². The number of fused-ring (bicyclic) bond motifs is 1. The molecule has 0 saturated heterocycles. The Bertz CT molecular complexity index is 915. The molecule has 22 heavy (non-hydrogen) atoms. The monoisotopic (exact) mass is 290 g/mol. The van der Waals surface area contributed by atoms with E-state index >= 15 is 0 Å². The van der Waals surface area contributed by atoms with Gasteiger partial charge < -0.3 is 9.15 Å². The SMILES string of the molecule is C#CCOc1ccc2oc(=O)c(-c3ccccc3)c(C)c2c1. The van der Waals surface area contributed by atoms with Gasteiger partial charge in [-0.05, 0) is 36.2 Å². The van der Waals surface area contributed by atoms with E-state index in [1.807, 2.05) is 43.3 Å². The van der Waals surface area contributed by atoms with Crippen LogP contribution < -0.4 is 10.4 Å². The molecule has 108 valence electrons. The Balaban J connectivity index is 2.22. The predicted octanol–water partition coefficient (Wildman–Crippen LogP) is 3.78. The van der Waals surface area contributed by atoms with Crippen molar-refractivity contribution in [2.45, 2.75) is 6.92 Å². The van der Waals surface area contributed by atoms with Gasteiger partial charge in [0.15, 0.2) is 0 Å². The summed E-state index contributed by atoms with van der Waals surface area (Å²) in [5.74, 6) is 3.08. The zero-order chi connectivity index (χ0) is 15.5. The summed E-state index contributed by atoms with van der Waals surface area (Å²) in [6.45, 7) is 2.11. The second-order valence-corrected chi connectivity index (χ2v) is 4.91. The first-order chi connectivity index (χ1) is 10.7. The van der Waals surface area contributed by atoms with Gasteiger partial charge in [-0.25, -0.2) is 4.79 Å². The summed E-state index contributed by atoms with van der Waals surface area (Å²) in [5, 5.41) is 0.841. The van der Waals surface area contributed by atoms with Crippen molar-refractivity contribution in [2.75, 3.05) is 6.61 Å². The lowest BCUT2D eigenvalue weighted by molar-refractivity contribution is 0.370. The molecule has 2 aromatic carbocycles. The van der Waals surface area contributed by atoms with Crippen molar-refractivity contribution in [3.05, 3.63) is 64.5 Å². The lowest BCUT2D eigenvalue weighted by Gasteiger charge is -2.09. The Morgan fingerprint density at radius 2 is 1.95 bits per heavy atom. The summed E-state index contributed by atoms with van der Waals surface area (Å²) in [6.07, 6.45) is 5.20. The molecule has 0 bridgehead atoms. The quantitative estimate of drug-likeness (QED) is 0.544. The molecule has 0 N–H and O–H groups in total. The van der Waals surface area contributed by atoms with Crippen LogP contribution >= 0.6 is 0 Å². The van der Waals surface area contributed by atoms with Gasteiger partial charge in [-0.15, -0.1) is 6.42 Å². The first-order valence-corrected chi connectivity index (χ1v) is 6.90. The lowest BCUT2D eigenvalue weighted by atomic mass is 9.99. The van der Waals surface area contributed by atoms with Crippen LogP contribution in [0.15, 0.2) is 57.7 Å². The molecule has 0 aliphatic carbocycles. The average Bonchev–Trinajstić information content (AvgIpc) is 2.54. The molecule has 1 heterocycles. The number of terminal acetylenes is 1. The minimum atomic E-state index is -0.339. The van der Waals surface area contributed by atoms with Crippen LogP contribution in [-0.4, -0.2) is 6.61 Å². The first kappa shape index (κ1) is 14.0. The van der Waals surface area contributed by atoms with E-state index in [0.717, 1.165) is 16.5 Å². The van der Waals surface area contributed by atoms with Crippen molar-refractivity contribution in [3.8, 4) is 29.2 Å². The number of hydrogen-bond acceptors (Lipinski definition) is 3. The smallest absolute Gasteiger partial charge is 0.344 e. The summed E-state index contributed by atoms with van der Waals surface area (Å²) < 4.78 is 10.9. The zero-order valence-electron chi connectivity index (χ0n) is 12.1. The van der Waals surface area contributed by atoms with Crippen LogP contribution in [0.3, 0.4) is 0 Å². The van der Waals surface area contributed by atoms with E-state index in [2.05, 4.69) is 5.92 Å². The van der Waals surface area contributed by atoms with E-state index in [9.17, 15) is 4.79 Å². The molecule has 0 radical (unpaired) electrons. The standard InChI is InChI=1S/C19H14O3/c1-3-11-21-15-9-10-17-16(12-15)13(2)18(19(20)22-17)14-7-5-4-6-8-14/h1,4-10,12H,11H2,2H3. The molecule has 3 nitrogen and oxygen atoms in total. The highest BCUT2D eigenvalue weighted by Gasteiger charge is 2.13. The molecule has 0 atom stereocenters. The van der Waals surface area contributed by atoms with Crippen LogP contribution in [0, 0.1) is 19.3 Å². The van der Waals surface area contributed by atoms with Crippen LogP contribution in [0.5, 0.6) is 5.75 Å². The summed E-state index contributed by atoms with van der Waals surface area (Å²) in [7, 11) is 0. The molecular formula is C19H14O3.